The van der Waals surface area contributed by atoms with Crippen LogP contribution in [-0.2, 0) is 4.79 Å². The molecule has 0 aliphatic carbocycles. The predicted molar refractivity (Wildman–Crippen MR) is 75.3 cm³/mol. The van der Waals surface area contributed by atoms with E-state index in [2.05, 4.69) is 17.8 Å². The number of carbonyl (C=O) groups is 2. The second-order valence-corrected chi connectivity index (χ2v) is 4.21. The van der Waals surface area contributed by atoms with E-state index in [1.807, 2.05) is 18.2 Å². The quantitative estimate of drug-likeness (QED) is 0.327. The largest absolute Gasteiger partial charge is 0.306 e. The molecule has 1 amide bonds. The van der Waals surface area contributed by atoms with Gasteiger partial charge in [-0.2, -0.15) is 0 Å². The van der Waals surface area contributed by atoms with Gasteiger partial charge in [-0.15, -0.1) is 0 Å². The summed E-state index contributed by atoms with van der Waals surface area (Å²) in [5.74, 6) is -0.168. The van der Waals surface area contributed by atoms with Crippen LogP contribution < -0.4 is 10.9 Å². The fourth-order valence-corrected chi connectivity index (χ4v) is 1.54. The molecule has 0 saturated heterocycles. The molecule has 0 saturated carbocycles. The minimum Gasteiger partial charge on any atom is -0.306 e. The van der Waals surface area contributed by atoms with Crippen LogP contribution in [0.1, 0.15) is 43.0 Å². The normalized spacial score (nSPS) is 10.4. The number of hydrogen-bond acceptors (Lipinski definition) is 3. The molecule has 0 radical (unpaired) electrons. The second kappa shape index (κ2) is 8.91. The van der Waals surface area contributed by atoms with E-state index in [0.29, 0.717) is 12.0 Å². The van der Waals surface area contributed by atoms with Crippen LogP contribution in [0.5, 0.6) is 0 Å². The molecule has 0 fully saturated rings. The summed E-state index contributed by atoms with van der Waals surface area (Å²) in [6.07, 6.45) is 6.36. The lowest BCUT2D eigenvalue weighted by molar-refractivity contribution is -0.121. The Labute approximate surface area is 113 Å². The predicted octanol–water partition coefficient (Wildman–Crippen LogP) is 2.58. The molecule has 0 aliphatic rings. The fraction of sp³-hybridized carbons (Fsp3) is 0.333. The molecule has 0 bridgehead atoms. The average Bonchev–Trinajstić information content (AvgIpc) is 2.44. The monoisotopic (exact) mass is 260 g/mol. The number of benzene rings is 1. The van der Waals surface area contributed by atoms with Crippen molar-refractivity contribution < 1.29 is 9.59 Å². The van der Waals surface area contributed by atoms with Crippen molar-refractivity contribution in [2.75, 3.05) is 0 Å². The van der Waals surface area contributed by atoms with Crippen molar-refractivity contribution in [3.8, 4) is 0 Å². The molecule has 0 atom stereocenters. The molecule has 19 heavy (non-hydrogen) atoms. The zero-order valence-corrected chi connectivity index (χ0v) is 11.2. The molecule has 102 valence electrons. The molecule has 1 aromatic rings. The number of unbranched alkanes of at least 4 members (excludes halogenated alkanes) is 2. The van der Waals surface area contributed by atoms with E-state index in [-0.39, 0.29) is 11.7 Å². The molecule has 4 nitrogen and oxygen atoms in total. The smallest absolute Gasteiger partial charge is 0.238 e. The lowest BCUT2D eigenvalue weighted by atomic mass is 10.1. The minimum absolute atomic E-state index is 0.0646. The summed E-state index contributed by atoms with van der Waals surface area (Å²) < 4.78 is 0. The van der Waals surface area contributed by atoms with Crippen LogP contribution >= 0.6 is 0 Å². The second-order valence-electron chi connectivity index (χ2n) is 4.21. The summed E-state index contributed by atoms with van der Waals surface area (Å²) in [6, 6.07) is 8.97. The minimum atomic E-state index is -0.103. The first-order valence-electron chi connectivity index (χ1n) is 6.54. The van der Waals surface area contributed by atoms with Crippen LogP contribution in [0.2, 0.25) is 0 Å². The number of carbonyl (C=O) groups excluding carboxylic acids is 2. The Morgan fingerprint density at radius 3 is 2.58 bits per heavy atom. The Morgan fingerprint density at radius 1 is 1.16 bits per heavy atom. The van der Waals surface area contributed by atoms with Crippen LogP contribution in [0.4, 0.5) is 0 Å². The lowest BCUT2D eigenvalue weighted by Crippen LogP contribution is -2.33. The average molecular weight is 260 g/mol. The Morgan fingerprint density at radius 2 is 1.89 bits per heavy atom. The zero-order valence-electron chi connectivity index (χ0n) is 11.2. The van der Waals surface area contributed by atoms with Crippen molar-refractivity contribution >= 4 is 11.7 Å². The van der Waals surface area contributed by atoms with Crippen LogP contribution in [0.15, 0.2) is 42.6 Å². The highest BCUT2D eigenvalue weighted by Gasteiger charge is 2.00. The number of allylic oxidation sites excluding steroid dienone is 1. The third kappa shape index (κ3) is 6.41. The number of nitrogens with one attached hydrogen (secondary N) is 2. The van der Waals surface area contributed by atoms with Gasteiger partial charge in [-0.25, -0.2) is 0 Å². The van der Waals surface area contributed by atoms with Gasteiger partial charge in [0.25, 0.3) is 0 Å². The van der Waals surface area contributed by atoms with E-state index in [4.69, 9.17) is 0 Å². The topological polar surface area (TPSA) is 58.2 Å². The van der Waals surface area contributed by atoms with E-state index < -0.39 is 0 Å². The van der Waals surface area contributed by atoms with Crippen molar-refractivity contribution in [1.82, 2.24) is 10.9 Å². The van der Waals surface area contributed by atoms with Gasteiger partial charge in [0, 0.05) is 24.3 Å². The third-order valence-corrected chi connectivity index (χ3v) is 2.60. The van der Waals surface area contributed by atoms with Crippen molar-refractivity contribution in [3.05, 3.63) is 48.2 Å². The summed E-state index contributed by atoms with van der Waals surface area (Å²) in [5.41, 5.74) is 5.75. The SMILES string of the molecule is CCCCCC(=O)NNC=CC(=O)c1ccccc1. The fourth-order valence-electron chi connectivity index (χ4n) is 1.54. The van der Waals surface area contributed by atoms with Crippen LogP contribution in [0, 0.1) is 0 Å². The summed E-state index contributed by atoms with van der Waals surface area (Å²) in [6.45, 7) is 2.09. The van der Waals surface area contributed by atoms with Crippen LogP contribution in [0.3, 0.4) is 0 Å². The van der Waals surface area contributed by atoms with Gasteiger partial charge in [0.05, 0.1) is 0 Å². The van der Waals surface area contributed by atoms with Crippen molar-refractivity contribution in [3.63, 3.8) is 0 Å². The zero-order chi connectivity index (χ0) is 13.9. The van der Waals surface area contributed by atoms with Gasteiger partial charge < -0.3 is 5.43 Å². The first kappa shape index (κ1) is 15.0. The molecule has 2 N–H and O–H groups in total. The summed E-state index contributed by atoms with van der Waals surface area (Å²) in [4.78, 5) is 23.0. The summed E-state index contributed by atoms with van der Waals surface area (Å²) in [5, 5.41) is 0. The Balaban J connectivity index is 2.23. The van der Waals surface area contributed by atoms with E-state index in [0.717, 1.165) is 19.3 Å². The van der Waals surface area contributed by atoms with Crippen molar-refractivity contribution in [2.24, 2.45) is 0 Å². The van der Waals surface area contributed by atoms with Gasteiger partial charge >= 0.3 is 0 Å². The van der Waals surface area contributed by atoms with Crippen LogP contribution in [-0.4, -0.2) is 11.7 Å². The lowest BCUT2D eigenvalue weighted by Gasteiger charge is -2.03. The van der Waals surface area contributed by atoms with Gasteiger partial charge in [-0.1, -0.05) is 50.1 Å². The van der Waals surface area contributed by atoms with Crippen molar-refractivity contribution in [2.45, 2.75) is 32.6 Å². The standard InChI is InChI=1S/C15H20N2O2/c1-2-3-5-10-15(19)17-16-12-11-14(18)13-8-6-4-7-9-13/h4,6-9,11-12,16H,2-3,5,10H2,1H3,(H,17,19). The van der Waals surface area contributed by atoms with Gasteiger partial charge in [-0.3, -0.25) is 15.0 Å². The molecule has 0 unspecified atom stereocenters. The Hall–Kier alpha value is -2.10. The van der Waals surface area contributed by atoms with E-state index in [1.54, 1.807) is 12.1 Å². The highest BCUT2D eigenvalue weighted by Crippen LogP contribution is 2.00. The third-order valence-electron chi connectivity index (χ3n) is 2.60. The molecule has 0 spiro atoms. The highest BCUT2D eigenvalue weighted by molar-refractivity contribution is 6.04. The first-order valence-corrected chi connectivity index (χ1v) is 6.54. The van der Waals surface area contributed by atoms with Gasteiger partial charge in [0.15, 0.2) is 5.78 Å². The van der Waals surface area contributed by atoms with E-state index in [9.17, 15) is 9.59 Å². The number of hydrogen-bond donors (Lipinski definition) is 2. The highest BCUT2D eigenvalue weighted by atomic mass is 16.2. The molecule has 1 rings (SSSR count). The molecule has 0 heterocycles. The number of ketones is 1. The van der Waals surface area contributed by atoms with Gasteiger partial charge in [0.1, 0.15) is 0 Å². The summed E-state index contributed by atoms with van der Waals surface area (Å²) in [7, 11) is 0. The summed E-state index contributed by atoms with van der Waals surface area (Å²) >= 11 is 0. The number of hydrazine groups is 1. The van der Waals surface area contributed by atoms with E-state index >= 15 is 0 Å². The maximum absolute atomic E-state index is 11.7. The maximum atomic E-state index is 11.7. The number of amides is 1. The maximum Gasteiger partial charge on any atom is 0.238 e. The molecular formula is C15H20N2O2. The first-order chi connectivity index (χ1) is 9.24. The van der Waals surface area contributed by atoms with Crippen LogP contribution in [0.25, 0.3) is 0 Å². The van der Waals surface area contributed by atoms with Gasteiger partial charge in [0.2, 0.25) is 5.91 Å². The Kier molecular flexibility index (Phi) is 7.02. The molecule has 0 aliphatic heterocycles. The van der Waals surface area contributed by atoms with E-state index in [1.165, 1.54) is 12.3 Å². The molecule has 1 aromatic carbocycles. The molecule has 4 heteroatoms. The van der Waals surface area contributed by atoms with Crippen molar-refractivity contribution in [1.29, 1.82) is 0 Å². The number of rotatable bonds is 8. The van der Waals surface area contributed by atoms with Gasteiger partial charge in [-0.05, 0) is 6.42 Å². The molecular weight excluding hydrogens is 240 g/mol. The Bertz CT molecular complexity index is 427. The molecule has 0 aromatic heterocycles.